The number of rotatable bonds is 30. The number of hydrogen-bond acceptors (Lipinski definition) is 22. The van der Waals surface area contributed by atoms with Crippen molar-refractivity contribution in [1.82, 2.24) is 69.5 Å². The molecule has 0 amide bonds. The van der Waals surface area contributed by atoms with Crippen LogP contribution in [-0.4, -0.2) is 194 Å². The minimum atomic E-state index is -0.0469. The van der Waals surface area contributed by atoms with E-state index < -0.39 is 0 Å². The number of aliphatic hydroxyl groups is 2. The quantitative estimate of drug-likeness (QED) is 0.0378. The summed E-state index contributed by atoms with van der Waals surface area (Å²) in [4.78, 5) is 40.4. The number of aromatic amines is 1. The van der Waals surface area contributed by atoms with Gasteiger partial charge in [0.1, 0.15) is 41.1 Å². The van der Waals surface area contributed by atoms with E-state index in [0.717, 1.165) is 182 Å². The zero-order valence-electron chi connectivity index (χ0n) is 60.4. The van der Waals surface area contributed by atoms with Gasteiger partial charge in [-0.2, -0.15) is 15.3 Å². The molecule has 0 atom stereocenters. The number of nitrogens with one attached hydrogen (secondary N) is 1. The normalized spacial score (nSPS) is 13.0. The molecule has 2 saturated heterocycles. The largest absolute Gasteiger partial charge is 0.497 e. The number of H-pyrrole nitrogens is 1. The second-order valence-corrected chi connectivity index (χ2v) is 25.6. The summed E-state index contributed by atoms with van der Waals surface area (Å²) >= 11 is 0. The lowest BCUT2D eigenvalue weighted by Gasteiger charge is -2.27. The SMILES string of the molecule is CCCCN(c1cc(OC)cc(OC)c1)c1ccc2ncc(-c3cnn(CCO)c3)nc2c1.COc1cc(OC)cc(N(CCCN2CCCC2)c2ccc3ncc(-c4cn[nH]c4)nc3c2)c1.COc1cc(OCCO)cc(N(CCCN2CCCC2)c2ccc3ncc(-c4cnn(C)c4)nc3c2)c1. The van der Waals surface area contributed by atoms with Gasteiger partial charge < -0.3 is 63.1 Å². The van der Waals surface area contributed by atoms with E-state index in [9.17, 15) is 5.11 Å². The van der Waals surface area contributed by atoms with E-state index in [-0.39, 0.29) is 19.8 Å². The number of likely N-dealkylation sites (tertiary alicyclic amines) is 2. The van der Waals surface area contributed by atoms with Crippen molar-refractivity contribution >= 4 is 67.2 Å². The molecule has 25 heteroatoms. The van der Waals surface area contributed by atoms with Crippen LogP contribution in [0.3, 0.4) is 0 Å². The van der Waals surface area contributed by atoms with E-state index in [1.165, 1.54) is 51.9 Å². The van der Waals surface area contributed by atoms with Crippen molar-refractivity contribution in [3.63, 3.8) is 0 Å². The smallest absolute Gasteiger partial charge is 0.125 e. The first-order chi connectivity index (χ1) is 51.0. The average Bonchev–Trinajstić information content (AvgIpc) is 1.04. The van der Waals surface area contributed by atoms with Crippen molar-refractivity contribution < 1.29 is 38.6 Å². The Labute approximate surface area is 606 Å². The van der Waals surface area contributed by atoms with Crippen LogP contribution in [0.4, 0.5) is 34.1 Å². The third-order valence-electron chi connectivity index (χ3n) is 18.5. The summed E-state index contributed by atoms with van der Waals surface area (Å²) in [5.74, 6) is 4.38. The highest BCUT2D eigenvalue weighted by molar-refractivity contribution is 5.85. The first-order valence-electron chi connectivity index (χ1n) is 35.6. The molecule has 12 aromatic rings. The second kappa shape index (κ2) is 35.7. The predicted molar refractivity (Wildman–Crippen MR) is 408 cm³/mol. The number of fused-ring (bicyclic) bond motifs is 3. The molecular formula is C79H93N17O8. The van der Waals surface area contributed by atoms with Gasteiger partial charge in [0.05, 0.1) is 143 Å². The number of anilines is 6. The molecule has 0 saturated carbocycles. The Morgan fingerprint density at radius 1 is 0.423 bits per heavy atom. The summed E-state index contributed by atoms with van der Waals surface area (Å²) < 4.78 is 36.9. The Bertz CT molecular complexity index is 4690. The highest BCUT2D eigenvalue weighted by atomic mass is 16.5. The predicted octanol–water partition coefficient (Wildman–Crippen LogP) is 13.1. The van der Waals surface area contributed by atoms with Crippen molar-refractivity contribution in [1.29, 1.82) is 0 Å². The number of ether oxygens (including phenoxy) is 6. The Hall–Kier alpha value is -11.0. The van der Waals surface area contributed by atoms with Crippen LogP contribution >= 0.6 is 0 Å². The van der Waals surface area contributed by atoms with Gasteiger partial charge in [0.25, 0.3) is 0 Å². The van der Waals surface area contributed by atoms with Gasteiger partial charge in [-0.1, -0.05) is 13.3 Å². The Kier molecular flexibility index (Phi) is 25.0. The molecule has 6 aromatic heterocycles. The first-order valence-corrected chi connectivity index (χ1v) is 35.6. The fourth-order valence-electron chi connectivity index (χ4n) is 13.0. The fraction of sp³-hybridized carbons (Fsp3) is 0.354. The second-order valence-electron chi connectivity index (χ2n) is 25.6. The van der Waals surface area contributed by atoms with Crippen LogP contribution in [0.5, 0.6) is 34.5 Å². The van der Waals surface area contributed by atoms with Crippen molar-refractivity contribution in [2.24, 2.45) is 7.05 Å². The molecule has 2 aliphatic rings. The van der Waals surface area contributed by atoms with Crippen molar-refractivity contribution in [3.8, 4) is 68.3 Å². The molecule has 0 spiro atoms. The Balaban J connectivity index is 0.000000147. The lowest BCUT2D eigenvalue weighted by Crippen LogP contribution is -2.26. The number of aryl methyl sites for hydroxylation is 1. The average molecular weight is 1410 g/mol. The summed E-state index contributed by atoms with van der Waals surface area (Å²) in [7, 11) is 10.2. The summed E-state index contributed by atoms with van der Waals surface area (Å²) in [5, 5.41) is 33.8. The molecule has 0 aliphatic carbocycles. The van der Waals surface area contributed by atoms with E-state index in [2.05, 4.69) is 115 Å². The van der Waals surface area contributed by atoms with Crippen LogP contribution in [-0.2, 0) is 13.6 Å². The fourth-order valence-corrected chi connectivity index (χ4v) is 13.0. The summed E-state index contributed by atoms with van der Waals surface area (Å²) in [6.45, 7) is 12.3. The number of unbranched alkanes of at least 4 members (excludes halogenated alkanes) is 1. The topological polar surface area (TPSA) is 254 Å². The van der Waals surface area contributed by atoms with E-state index in [4.69, 9.17) is 48.5 Å². The molecule has 8 heterocycles. The molecule has 0 unspecified atom stereocenters. The molecule has 104 heavy (non-hydrogen) atoms. The lowest BCUT2D eigenvalue weighted by molar-refractivity contribution is 0.201. The molecule has 6 aromatic carbocycles. The van der Waals surface area contributed by atoms with Crippen LogP contribution in [0.15, 0.2) is 165 Å². The minimum absolute atomic E-state index is 0.0382. The van der Waals surface area contributed by atoms with Crippen LogP contribution in [0.1, 0.15) is 58.3 Å². The number of aromatic nitrogens is 12. The van der Waals surface area contributed by atoms with Gasteiger partial charge in [0.15, 0.2) is 0 Å². The summed E-state index contributed by atoms with van der Waals surface area (Å²) in [6, 6.07) is 36.3. The van der Waals surface area contributed by atoms with Gasteiger partial charge >= 0.3 is 0 Å². The lowest BCUT2D eigenvalue weighted by atomic mass is 10.1. The third kappa shape index (κ3) is 18.6. The highest BCUT2D eigenvalue weighted by Gasteiger charge is 2.21. The maximum atomic E-state index is 9.25. The molecule has 14 rings (SSSR count). The number of benzene rings is 6. The third-order valence-corrected chi connectivity index (χ3v) is 18.5. The number of aliphatic hydroxyl groups excluding tert-OH is 2. The summed E-state index contributed by atoms with van der Waals surface area (Å²) in [6.07, 6.45) is 25.6. The van der Waals surface area contributed by atoms with Gasteiger partial charge in [0, 0.05) is 151 Å². The van der Waals surface area contributed by atoms with Crippen molar-refractivity contribution in [3.05, 3.63) is 165 Å². The van der Waals surface area contributed by atoms with E-state index in [1.807, 2.05) is 86.3 Å². The van der Waals surface area contributed by atoms with Crippen molar-refractivity contribution in [2.45, 2.75) is 64.8 Å². The number of hydrogen-bond donors (Lipinski definition) is 3. The highest BCUT2D eigenvalue weighted by Crippen LogP contribution is 2.39. The van der Waals surface area contributed by atoms with Crippen molar-refractivity contribution in [2.75, 3.05) is 129 Å². The van der Waals surface area contributed by atoms with Gasteiger partial charge in [-0.3, -0.25) is 29.4 Å². The van der Waals surface area contributed by atoms with Gasteiger partial charge in [0.2, 0.25) is 0 Å². The van der Waals surface area contributed by atoms with Crippen LogP contribution in [0.2, 0.25) is 0 Å². The van der Waals surface area contributed by atoms with Crippen LogP contribution in [0.25, 0.3) is 66.9 Å². The van der Waals surface area contributed by atoms with Crippen LogP contribution in [0, 0.1) is 0 Å². The maximum Gasteiger partial charge on any atom is 0.125 e. The van der Waals surface area contributed by atoms with E-state index in [0.29, 0.717) is 18.0 Å². The number of nitrogens with zero attached hydrogens (tertiary/aromatic N) is 16. The zero-order chi connectivity index (χ0) is 72.2. The molecule has 3 N–H and O–H groups in total. The maximum absolute atomic E-state index is 9.25. The molecule has 0 bridgehead atoms. The Morgan fingerprint density at radius 3 is 1.23 bits per heavy atom. The first kappa shape index (κ1) is 72.8. The molecule has 542 valence electrons. The molecule has 2 fully saturated rings. The Morgan fingerprint density at radius 2 is 0.837 bits per heavy atom. The monoisotopic (exact) mass is 1410 g/mol. The van der Waals surface area contributed by atoms with E-state index >= 15 is 0 Å². The molecule has 0 radical (unpaired) electrons. The summed E-state index contributed by atoms with van der Waals surface area (Å²) in [5.41, 5.74) is 16.1. The van der Waals surface area contributed by atoms with Crippen LogP contribution < -0.4 is 43.1 Å². The van der Waals surface area contributed by atoms with E-state index in [1.54, 1.807) is 82.1 Å². The zero-order valence-corrected chi connectivity index (χ0v) is 60.4. The molecular weight excluding hydrogens is 1310 g/mol. The minimum Gasteiger partial charge on any atom is -0.497 e. The number of methoxy groups -OCH3 is 5. The van der Waals surface area contributed by atoms with Gasteiger partial charge in [-0.25, -0.2) is 15.0 Å². The molecule has 25 nitrogen and oxygen atoms in total. The standard InChI is InChI=1S/C28H34N6O3.C26H30N6O2.C25H29N5O3/c1-32-20-21(18-30-32)28-19-29-26-7-6-22(16-27(26)31-28)34(11-5-10-33-8-3-4-9-33)23-14-24(36-2)17-25(15-23)37-13-12-35;1-33-22-12-21(13-23(15-22)34-2)32(11-5-10-31-8-3-4-9-31)20-6-7-24-25(14-20)30-26(18-27-24)19-16-28-29-17-19;1-4-5-8-30(20-11-21(32-2)14-22(12-20)33-3)19-6-7-23-24(13-19)28-25(16-26-23)18-15-27-29(17-18)9-10-31/h6-7,14-20,35H,3-5,8-13H2,1-2H3;6-7,12-18H,3-5,8-11H2,1-2H3,(H,28,29);6-7,11-17,31H,4-5,8-10H2,1-3H3. The van der Waals surface area contributed by atoms with Gasteiger partial charge in [-0.15, -0.1) is 0 Å². The molecule has 2 aliphatic heterocycles. The van der Waals surface area contributed by atoms with Gasteiger partial charge in [-0.05, 0) is 139 Å².